The number of hydrogen-bond donors (Lipinski definition) is 3. The number of aromatic nitrogens is 2. The van der Waals surface area contributed by atoms with Crippen LogP contribution in [0.4, 0.5) is 11.8 Å². The summed E-state index contributed by atoms with van der Waals surface area (Å²) in [5.74, 6) is 1.01. The normalized spacial score (nSPS) is 10.8. The predicted molar refractivity (Wildman–Crippen MR) is 142 cm³/mol. The van der Waals surface area contributed by atoms with E-state index in [1.165, 1.54) is 13.0 Å². The Morgan fingerprint density at radius 3 is 2.47 bits per heavy atom. The maximum absolute atomic E-state index is 12.2. The fourth-order valence-electron chi connectivity index (χ4n) is 3.31. The predicted octanol–water partition coefficient (Wildman–Crippen LogP) is 3.24. The third-order valence-corrected chi connectivity index (χ3v) is 5.04. The second-order valence-corrected chi connectivity index (χ2v) is 8.01. The number of carbonyl (C=O) groups is 2. The number of nitrogen functional groups attached to an aromatic ring is 2. The van der Waals surface area contributed by atoms with Gasteiger partial charge < -0.3 is 25.7 Å². The molecule has 11 nitrogen and oxygen atoms in total. The number of ether oxygens (including phenoxy) is 3. The second-order valence-electron chi connectivity index (χ2n) is 8.01. The van der Waals surface area contributed by atoms with Crippen LogP contribution in [0.5, 0.6) is 17.2 Å². The summed E-state index contributed by atoms with van der Waals surface area (Å²) in [6, 6.07) is 14.1. The van der Waals surface area contributed by atoms with Crippen LogP contribution >= 0.6 is 0 Å². The van der Waals surface area contributed by atoms with Crippen LogP contribution in [0.1, 0.15) is 37.1 Å². The van der Waals surface area contributed by atoms with E-state index in [0.717, 1.165) is 11.1 Å². The second kappa shape index (κ2) is 14.2. The summed E-state index contributed by atoms with van der Waals surface area (Å²) in [6.07, 6.45) is 4.19. The summed E-state index contributed by atoms with van der Waals surface area (Å²) in [5.41, 5.74) is 16.1. The van der Waals surface area contributed by atoms with Crippen LogP contribution in [0.15, 0.2) is 54.6 Å². The molecule has 3 rings (SSSR count). The molecule has 0 radical (unpaired) electrons. The molecule has 0 aliphatic carbocycles. The first-order chi connectivity index (χ1) is 18.4. The highest BCUT2D eigenvalue weighted by Gasteiger charge is 2.11. The van der Waals surface area contributed by atoms with E-state index in [1.807, 2.05) is 31.2 Å². The van der Waals surface area contributed by atoms with E-state index >= 15 is 0 Å². The largest absolute Gasteiger partial charge is 0.493 e. The number of nitrogens with two attached hydrogens (primary N) is 2. The zero-order chi connectivity index (χ0) is 27.3. The number of hydroxylamine groups is 1. The molecule has 0 saturated heterocycles. The number of amides is 1. The van der Waals surface area contributed by atoms with Gasteiger partial charge in [-0.25, -0.2) is 10.5 Å². The Kier molecular flexibility index (Phi) is 10.4. The van der Waals surface area contributed by atoms with Gasteiger partial charge in [-0.2, -0.15) is 4.98 Å². The zero-order valence-corrected chi connectivity index (χ0v) is 21.3. The summed E-state index contributed by atoms with van der Waals surface area (Å²) < 4.78 is 16.6. The number of benzene rings is 2. The Morgan fingerprint density at radius 2 is 1.74 bits per heavy atom. The van der Waals surface area contributed by atoms with Crippen molar-refractivity contribution in [3.63, 3.8) is 0 Å². The highest BCUT2D eigenvalue weighted by atomic mass is 16.6. The Balaban J connectivity index is 1.43. The molecule has 1 aromatic heterocycles. The first-order valence-electron chi connectivity index (χ1n) is 12.0. The van der Waals surface area contributed by atoms with Gasteiger partial charge in [0.1, 0.15) is 11.5 Å². The molecule has 2 aromatic carbocycles. The molecule has 11 heteroatoms. The number of hydrogen-bond acceptors (Lipinski definition) is 10. The number of para-hydroxylation sites is 1. The number of aryl methyl sites for hydroxylation is 1. The molecule has 5 N–H and O–H groups in total. The fourth-order valence-corrected chi connectivity index (χ4v) is 3.31. The molecule has 1 amide bonds. The van der Waals surface area contributed by atoms with Gasteiger partial charge in [0.15, 0.2) is 11.6 Å². The molecular weight excluding hydrogens is 490 g/mol. The van der Waals surface area contributed by atoms with Crippen molar-refractivity contribution in [2.24, 2.45) is 0 Å². The number of carbonyl (C=O) groups excluding carboxylic acids is 2. The molecule has 0 unspecified atom stereocenters. The SMILES string of the molecule is CCc1nc(N)nc(N)c1OCCCOc1ccccc1C=CC(=O)NOCc1ccc(OC(C)=O)cc1. The molecule has 0 saturated carbocycles. The molecule has 200 valence electrons. The van der Waals surface area contributed by atoms with Crippen LogP contribution in [-0.2, 0) is 27.5 Å². The Bertz CT molecular complexity index is 1260. The van der Waals surface area contributed by atoms with Gasteiger partial charge in [0.25, 0.3) is 5.91 Å². The Labute approximate surface area is 220 Å². The van der Waals surface area contributed by atoms with E-state index in [0.29, 0.717) is 49.0 Å². The highest BCUT2D eigenvalue weighted by Crippen LogP contribution is 2.25. The van der Waals surface area contributed by atoms with Crippen molar-refractivity contribution in [3.05, 3.63) is 71.4 Å². The van der Waals surface area contributed by atoms with Gasteiger partial charge in [-0.3, -0.25) is 14.4 Å². The fraction of sp³-hybridized carbons (Fsp3) is 0.259. The molecule has 38 heavy (non-hydrogen) atoms. The molecule has 3 aromatic rings. The average Bonchev–Trinajstić information content (AvgIpc) is 2.89. The van der Waals surface area contributed by atoms with Gasteiger partial charge in [0.05, 0.1) is 25.5 Å². The average molecular weight is 522 g/mol. The van der Waals surface area contributed by atoms with Gasteiger partial charge >= 0.3 is 5.97 Å². The number of anilines is 2. The van der Waals surface area contributed by atoms with Crippen LogP contribution in [0.3, 0.4) is 0 Å². The highest BCUT2D eigenvalue weighted by molar-refractivity contribution is 5.91. The van der Waals surface area contributed by atoms with Crippen LogP contribution in [-0.4, -0.2) is 35.1 Å². The lowest BCUT2D eigenvalue weighted by Gasteiger charge is -2.13. The van der Waals surface area contributed by atoms with Crippen LogP contribution in [0, 0.1) is 0 Å². The lowest BCUT2D eigenvalue weighted by molar-refractivity contribution is -0.132. The standard InChI is InChI=1S/C27H31N5O6/c1-3-22-25(26(28)31-27(29)30-22)36-16-6-15-35-23-8-5-4-7-20(23)11-14-24(34)32-37-17-19-9-12-21(13-10-19)38-18(2)33/h4-5,7-14H,3,6,15-17H2,1-2H3,(H,32,34)(H4,28,29,30,31). The number of esters is 1. The summed E-state index contributed by atoms with van der Waals surface area (Å²) in [5, 5.41) is 0. The summed E-state index contributed by atoms with van der Waals surface area (Å²) in [7, 11) is 0. The van der Waals surface area contributed by atoms with Crippen molar-refractivity contribution in [3.8, 4) is 17.2 Å². The number of rotatable bonds is 13. The van der Waals surface area contributed by atoms with Crippen molar-refractivity contribution in [2.45, 2.75) is 33.3 Å². The topological polar surface area (TPSA) is 161 Å². The summed E-state index contributed by atoms with van der Waals surface area (Å²) >= 11 is 0. The molecule has 0 aliphatic rings. The first kappa shape index (κ1) is 27.9. The summed E-state index contributed by atoms with van der Waals surface area (Å²) in [4.78, 5) is 36.5. The van der Waals surface area contributed by atoms with Crippen LogP contribution < -0.4 is 31.2 Å². The van der Waals surface area contributed by atoms with Gasteiger partial charge in [-0.1, -0.05) is 37.3 Å². The maximum Gasteiger partial charge on any atom is 0.308 e. The number of nitrogens with one attached hydrogen (secondary N) is 1. The smallest absolute Gasteiger partial charge is 0.308 e. The molecule has 0 spiro atoms. The van der Waals surface area contributed by atoms with Crippen LogP contribution in [0.2, 0.25) is 0 Å². The van der Waals surface area contributed by atoms with E-state index in [1.54, 1.807) is 30.3 Å². The van der Waals surface area contributed by atoms with E-state index in [9.17, 15) is 9.59 Å². The van der Waals surface area contributed by atoms with Crippen LogP contribution in [0.25, 0.3) is 6.08 Å². The third-order valence-electron chi connectivity index (χ3n) is 5.04. The van der Waals surface area contributed by atoms with Gasteiger partial charge in [0.2, 0.25) is 5.95 Å². The molecular formula is C27H31N5O6. The Hall–Kier alpha value is -4.64. The number of nitrogens with zero attached hydrogens (tertiary/aromatic N) is 2. The quantitative estimate of drug-likeness (QED) is 0.100. The van der Waals surface area contributed by atoms with E-state index in [-0.39, 0.29) is 18.4 Å². The summed E-state index contributed by atoms with van der Waals surface area (Å²) in [6.45, 7) is 4.15. The Morgan fingerprint density at radius 1 is 1.00 bits per heavy atom. The first-order valence-corrected chi connectivity index (χ1v) is 12.0. The molecule has 1 heterocycles. The lowest BCUT2D eigenvalue weighted by atomic mass is 10.2. The van der Waals surface area contributed by atoms with Crippen molar-refractivity contribution < 1.29 is 28.6 Å². The van der Waals surface area contributed by atoms with E-state index in [2.05, 4.69) is 15.4 Å². The van der Waals surface area contributed by atoms with Crippen molar-refractivity contribution in [1.82, 2.24) is 15.4 Å². The maximum atomic E-state index is 12.2. The van der Waals surface area contributed by atoms with Gasteiger partial charge in [-0.05, 0) is 36.3 Å². The molecule has 0 atom stereocenters. The monoisotopic (exact) mass is 521 g/mol. The molecule has 0 fully saturated rings. The van der Waals surface area contributed by atoms with Gasteiger partial charge in [-0.15, -0.1) is 0 Å². The van der Waals surface area contributed by atoms with E-state index < -0.39 is 11.9 Å². The van der Waals surface area contributed by atoms with Crippen molar-refractivity contribution in [2.75, 3.05) is 24.7 Å². The zero-order valence-electron chi connectivity index (χ0n) is 21.3. The lowest BCUT2D eigenvalue weighted by Crippen LogP contribution is -2.21. The van der Waals surface area contributed by atoms with Crippen molar-refractivity contribution in [1.29, 1.82) is 0 Å². The van der Waals surface area contributed by atoms with Crippen molar-refractivity contribution >= 4 is 29.7 Å². The van der Waals surface area contributed by atoms with Gasteiger partial charge in [0, 0.05) is 25.0 Å². The molecule has 0 bridgehead atoms. The minimum atomic E-state index is -0.431. The minimum Gasteiger partial charge on any atom is -0.493 e. The molecule has 0 aliphatic heterocycles. The minimum absolute atomic E-state index is 0.118. The van der Waals surface area contributed by atoms with E-state index in [4.69, 9.17) is 30.5 Å². The third kappa shape index (κ3) is 8.79.